The smallest absolute Gasteiger partial charge is 0.257 e. The molecule has 1 fully saturated rings. The molecule has 0 bridgehead atoms. The average Bonchev–Trinajstić information content (AvgIpc) is 2.94. The monoisotopic (exact) mass is 323 g/mol. The molecule has 0 unspecified atom stereocenters. The fourth-order valence-corrected chi connectivity index (χ4v) is 4.73. The van der Waals surface area contributed by atoms with E-state index in [1.807, 2.05) is 12.1 Å². The second kappa shape index (κ2) is 5.10. The van der Waals surface area contributed by atoms with E-state index >= 15 is 0 Å². The highest BCUT2D eigenvalue weighted by Crippen LogP contribution is 2.25. The van der Waals surface area contributed by atoms with Crippen LogP contribution in [0.2, 0.25) is 0 Å². The van der Waals surface area contributed by atoms with Crippen LogP contribution in [0.25, 0.3) is 11.0 Å². The number of likely N-dealkylation sites (N-methyl/N-ethyl adjacent to an activating group) is 1. The lowest BCUT2D eigenvalue weighted by Crippen LogP contribution is -2.44. The summed E-state index contributed by atoms with van der Waals surface area (Å²) in [5.41, 5.74) is 0.844. The maximum absolute atomic E-state index is 12.7. The number of nitrogens with zero attached hydrogens (tertiary/aromatic N) is 1. The van der Waals surface area contributed by atoms with Gasteiger partial charge in [0.25, 0.3) is 5.91 Å². The van der Waals surface area contributed by atoms with Gasteiger partial charge in [-0.05, 0) is 19.1 Å². The standard InChI is InChI=1S/C15H17NO5S/c1-9-6-10-4-3-5-11(14(10)21-9)15(18)16(2)12-7-22(19,20)8-13(12)17/h3-6,12-13,17H,7-8H2,1-2H3/t12-,13-/m1/s1. The molecule has 2 aromatic rings. The van der Waals surface area contributed by atoms with Crippen molar-refractivity contribution in [2.24, 2.45) is 0 Å². The molecular formula is C15H17NO5S. The van der Waals surface area contributed by atoms with Crippen molar-refractivity contribution in [3.8, 4) is 0 Å². The summed E-state index contributed by atoms with van der Waals surface area (Å²) in [6.07, 6.45) is -1.06. The molecular weight excluding hydrogens is 306 g/mol. The third-order valence-corrected chi connectivity index (χ3v) is 5.71. The molecule has 1 aromatic carbocycles. The summed E-state index contributed by atoms with van der Waals surface area (Å²) in [5.74, 6) is -0.189. The number of aryl methyl sites for hydroxylation is 1. The number of rotatable bonds is 2. The Kier molecular flexibility index (Phi) is 3.49. The van der Waals surface area contributed by atoms with E-state index < -0.39 is 22.0 Å². The largest absolute Gasteiger partial charge is 0.461 e. The molecule has 1 aliphatic heterocycles. The zero-order valence-corrected chi connectivity index (χ0v) is 13.1. The number of amides is 1. The molecule has 1 N–H and O–H groups in total. The van der Waals surface area contributed by atoms with Gasteiger partial charge in [-0.15, -0.1) is 0 Å². The summed E-state index contributed by atoms with van der Waals surface area (Å²) in [4.78, 5) is 14.0. The number of sulfone groups is 1. The zero-order valence-electron chi connectivity index (χ0n) is 12.3. The first-order valence-electron chi connectivity index (χ1n) is 6.93. The third kappa shape index (κ3) is 2.50. The van der Waals surface area contributed by atoms with Crippen molar-refractivity contribution in [1.29, 1.82) is 0 Å². The number of aliphatic hydroxyl groups excluding tert-OH is 1. The fraction of sp³-hybridized carbons (Fsp3) is 0.400. The minimum atomic E-state index is -3.31. The first-order valence-corrected chi connectivity index (χ1v) is 8.75. The van der Waals surface area contributed by atoms with Crippen molar-refractivity contribution in [3.05, 3.63) is 35.6 Å². The van der Waals surface area contributed by atoms with Crippen molar-refractivity contribution in [1.82, 2.24) is 4.90 Å². The molecule has 7 heteroatoms. The SMILES string of the molecule is Cc1cc2cccc(C(=O)N(C)[C@@H]3CS(=O)(=O)C[C@H]3O)c2o1. The summed E-state index contributed by atoms with van der Waals surface area (Å²) in [5, 5.41) is 10.7. The highest BCUT2D eigenvalue weighted by molar-refractivity contribution is 7.91. The zero-order chi connectivity index (χ0) is 16.1. The number of hydrogen-bond donors (Lipinski definition) is 1. The molecule has 3 rings (SSSR count). The first-order chi connectivity index (χ1) is 10.3. The van der Waals surface area contributed by atoms with Gasteiger partial charge in [-0.1, -0.05) is 12.1 Å². The summed E-state index contributed by atoms with van der Waals surface area (Å²) in [6.45, 7) is 1.80. The molecule has 1 amide bonds. The number of hydrogen-bond acceptors (Lipinski definition) is 5. The van der Waals surface area contributed by atoms with E-state index in [9.17, 15) is 18.3 Å². The van der Waals surface area contributed by atoms with Crippen LogP contribution in [-0.2, 0) is 9.84 Å². The van der Waals surface area contributed by atoms with E-state index in [1.165, 1.54) is 11.9 Å². The van der Waals surface area contributed by atoms with E-state index in [2.05, 4.69) is 0 Å². The molecule has 6 nitrogen and oxygen atoms in total. The van der Waals surface area contributed by atoms with E-state index in [1.54, 1.807) is 19.1 Å². The number of furan rings is 1. The molecule has 2 atom stereocenters. The molecule has 1 saturated heterocycles. The predicted molar refractivity (Wildman–Crippen MR) is 81.5 cm³/mol. The fourth-order valence-electron chi connectivity index (χ4n) is 2.88. The van der Waals surface area contributed by atoms with Crippen molar-refractivity contribution in [2.45, 2.75) is 19.1 Å². The summed E-state index contributed by atoms with van der Waals surface area (Å²) in [7, 11) is -1.81. The molecule has 0 aliphatic carbocycles. The average molecular weight is 323 g/mol. The van der Waals surface area contributed by atoms with Gasteiger partial charge in [0.05, 0.1) is 29.2 Å². The Morgan fingerprint density at radius 3 is 2.73 bits per heavy atom. The quantitative estimate of drug-likeness (QED) is 0.890. The highest BCUT2D eigenvalue weighted by atomic mass is 32.2. The van der Waals surface area contributed by atoms with Crippen molar-refractivity contribution in [2.75, 3.05) is 18.6 Å². The van der Waals surface area contributed by atoms with Crippen LogP contribution in [0, 0.1) is 6.92 Å². The second-order valence-corrected chi connectivity index (χ2v) is 7.86. The van der Waals surface area contributed by atoms with Crippen molar-refractivity contribution < 1.29 is 22.7 Å². The molecule has 0 spiro atoms. The second-order valence-electron chi connectivity index (χ2n) is 5.71. The number of carbonyl (C=O) groups is 1. The van der Waals surface area contributed by atoms with Crippen LogP contribution < -0.4 is 0 Å². The molecule has 2 heterocycles. The molecule has 22 heavy (non-hydrogen) atoms. The number of carbonyl (C=O) groups excluding carboxylic acids is 1. The molecule has 1 aromatic heterocycles. The summed E-state index contributed by atoms with van der Waals surface area (Å²) < 4.78 is 28.8. The molecule has 0 radical (unpaired) electrons. The number of aliphatic hydroxyl groups is 1. The van der Waals surface area contributed by atoms with Gasteiger partial charge < -0.3 is 14.4 Å². The van der Waals surface area contributed by atoms with Crippen molar-refractivity contribution in [3.63, 3.8) is 0 Å². The minimum Gasteiger partial charge on any atom is -0.461 e. The lowest BCUT2D eigenvalue weighted by atomic mass is 10.1. The van der Waals surface area contributed by atoms with Gasteiger partial charge in [-0.25, -0.2) is 8.42 Å². The van der Waals surface area contributed by atoms with E-state index in [0.29, 0.717) is 16.9 Å². The maximum Gasteiger partial charge on any atom is 0.257 e. The Hall–Kier alpha value is -1.86. The van der Waals surface area contributed by atoms with Crippen LogP contribution in [0.5, 0.6) is 0 Å². The molecule has 0 saturated carbocycles. The topological polar surface area (TPSA) is 87.8 Å². The van der Waals surface area contributed by atoms with E-state index in [0.717, 1.165) is 5.39 Å². The number of benzene rings is 1. The van der Waals surface area contributed by atoms with Gasteiger partial charge in [0.1, 0.15) is 11.3 Å². The van der Waals surface area contributed by atoms with Gasteiger partial charge >= 0.3 is 0 Å². The Morgan fingerprint density at radius 1 is 1.36 bits per heavy atom. The van der Waals surface area contributed by atoms with Gasteiger partial charge in [0, 0.05) is 12.4 Å². The van der Waals surface area contributed by atoms with E-state index in [4.69, 9.17) is 4.42 Å². The predicted octanol–water partition coefficient (Wildman–Crippen LogP) is 0.971. The molecule has 1 aliphatic rings. The third-order valence-electron chi connectivity index (χ3n) is 4.01. The number of para-hydroxylation sites is 1. The Morgan fingerprint density at radius 2 is 2.09 bits per heavy atom. The summed E-state index contributed by atoms with van der Waals surface area (Å²) in [6, 6.07) is 6.34. The van der Waals surface area contributed by atoms with Crippen LogP contribution in [-0.4, -0.2) is 55.0 Å². The molecule has 118 valence electrons. The first kappa shape index (κ1) is 15.1. The Balaban J connectivity index is 1.96. The maximum atomic E-state index is 12.7. The summed E-state index contributed by atoms with van der Waals surface area (Å²) >= 11 is 0. The lowest BCUT2D eigenvalue weighted by molar-refractivity contribution is 0.0582. The van der Waals surface area contributed by atoms with Crippen LogP contribution in [0.4, 0.5) is 0 Å². The normalized spacial score (nSPS) is 23.8. The Bertz CT molecular complexity index is 839. The van der Waals surface area contributed by atoms with Gasteiger partial charge in [-0.2, -0.15) is 0 Å². The highest BCUT2D eigenvalue weighted by Gasteiger charge is 2.40. The van der Waals surface area contributed by atoms with Crippen LogP contribution in [0.15, 0.2) is 28.7 Å². The Labute approximate surface area is 128 Å². The van der Waals surface area contributed by atoms with Crippen molar-refractivity contribution >= 4 is 26.7 Å². The van der Waals surface area contributed by atoms with Crippen LogP contribution in [0.1, 0.15) is 16.1 Å². The van der Waals surface area contributed by atoms with Gasteiger partial charge in [0.15, 0.2) is 9.84 Å². The van der Waals surface area contributed by atoms with Gasteiger partial charge in [0.2, 0.25) is 0 Å². The van der Waals surface area contributed by atoms with Crippen LogP contribution in [0.3, 0.4) is 0 Å². The minimum absolute atomic E-state index is 0.219. The van der Waals surface area contributed by atoms with Gasteiger partial charge in [-0.3, -0.25) is 4.79 Å². The lowest BCUT2D eigenvalue weighted by Gasteiger charge is -2.26. The van der Waals surface area contributed by atoms with Crippen LogP contribution >= 0.6 is 0 Å². The van der Waals surface area contributed by atoms with E-state index in [-0.39, 0.29) is 17.4 Å². The number of fused-ring (bicyclic) bond motifs is 1.